The van der Waals surface area contributed by atoms with Crippen molar-refractivity contribution in [2.45, 2.75) is 38.8 Å². The van der Waals surface area contributed by atoms with E-state index in [0.717, 1.165) is 24.1 Å². The lowest BCUT2D eigenvalue weighted by atomic mass is 9.88. The molecule has 0 saturated carbocycles. The Morgan fingerprint density at radius 1 is 1.39 bits per heavy atom. The molecule has 1 aliphatic heterocycles. The zero-order chi connectivity index (χ0) is 16.3. The highest BCUT2D eigenvalue weighted by Gasteiger charge is 2.32. The maximum absolute atomic E-state index is 12.3. The molecule has 2 aromatic rings. The van der Waals surface area contributed by atoms with Crippen LogP contribution in [0.1, 0.15) is 32.3 Å². The Labute approximate surface area is 135 Å². The molecule has 1 amide bonds. The summed E-state index contributed by atoms with van der Waals surface area (Å²) in [5.74, 6) is 0.148. The van der Waals surface area contributed by atoms with E-state index in [1.165, 1.54) is 6.33 Å². The van der Waals surface area contributed by atoms with Gasteiger partial charge in [0.25, 0.3) is 0 Å². The van der Waals surface area contributed by atoms with E-state index in [4.69, 9.17) is 4.74 Å². The lowest BCUT2D eigenvalue weighted by molar-refractivity contribution is -0.135. The lowest BCUT2D eigenvalue weighted by Crippen LogP contribution is -2.41. The molecule has 0 spiro atoms. The third kappa shape index (κ3) is 3.96. The first-order valence-corrected chi connectivity index (χ1v) is 7.89. The van der Waals surface area contributed by atoms with Crippen LogP contribution in [-0.4, -0.2) is 32.9 Å². The second kappa shape index (κ2) is 6.50. The monoisotopic (exact) mass is 314 g/mol. The summed E-state index contributed by atoms with van der Waals surface area (Å²) < 4.78 is 7.36. The summed E-state index contributed by atoms with van der Waals surface area (Å²) in [4.78, 5) is 16.3. The average Bonchev–Trinajstić information content (AvgIpc) is 3.06. The van der Waals surface area contributed by atoms with E-state index < -0.39 is 0 Å². The van der Waals surface area contributed by atoms with Crippen LogP contribution in [0.15, 0.2) is 36.9 Å². The SMILES string of the molecule is CC1(C)CC(C(=O)NCc2ccc(-n3cncn3)cc2)CCO1. The molecule has 6 heteroatoms. The molecule has 1 atom stereocenters. The molecule has 6 nitrogen and oxygen atoms in total. The molecular formula is C17H22N4O2. The van der Waals surface area contributed by atoms with Gasteiger partial charge in [0.1, 0.15) is 12.7 Å². The van der Waals surface area contributed by atoms with Gasteiger partial charge in [-0.15, -0.1) is 0 Å². The summed E-state index contributed by atoms with van der Waals surface area (Å²) in [6, 6.07) is 7.91. The Balaban J connectivity index is 1.55. The number of carbonyl (C=O) groups is 1. The summed E-state index contributed by atoms with van der Waals surface area (Å²) in [6.45, 7) is 5.26. The molecule has 1 aliphatic rings. The van der Waals surface area contributed by atoms with Crippen molar-refractivity contribution in [1.29, 1.82) is 0 Å². The van der Waals surface area contributed by atoms with Crippen molar-refractivity contribution >= 4 is 5.91 Å². The number of benzene rings is 1. The van der Waals surface area contributed by atoms with Gasteiger partial charge in [-0.3, -0.25) is 4.79 Å². The number of nitrogens with zero attached hydrogens (tertiary/aromatic N) is 3. The van der Waals surface area contributed by atoms with Gasteiger partial charge >= 0.3 is 0 Å². The molecule has 1 saturated heterocycles. The normalized spacial score (nSPS) is 20.2. The molecule has 1 fully saturated rings. The van der Waals surface area contributed by atoms with Crippen molar-refractivity contribution in [2.75, 3.05) is 6.61 Å². The van der Waals surface area contributed by atoms with Crippen molar-refractivity contribution in [3.63, 3.8) is 0 Å². The zero-order valence-corrected chi connectivity index (χ0v) is 13.5. The van der Waals surface area contributed by atoms with Crippen molar-refractivity contribution in [3.05, 3.63) is 42.5 Å². The molecule has 0 radical (unpaired) electrons. The smallest absolute Gasteiger partial charge is 0.223 e. The molecule has 1 N–H and O–H groups in total. The van der Waals surface area contributed by atoms with Crippen LogP contribution in [0.2, 0.25) is 0 Å². The van der Waals surface area contributed by atoms with Gasteiger partial charge in [-0.2, -0.15) is 5.10 Å². The van der Waals surface area contributed by atoms with Crippen LogP contribution in [-0.2, 0) is 16.1 Å². The number of carbonyl (C=O) groups excluding carboxylic acids is 1. The first-order chi connectivity index (χ1) is 11.0. The Kier molecular flexibility index (Phi) is 4.43. The zero-order valence-electron chi connectivity index (χ0n) is 13.5. The highest BCUT2D eigenvalue weighted by Crippen LogP contribution is 2.28. The van der Waals surface area contributed by atoms with Crippen LogP contribution in [0.3, 0.4) is 0 Å². The molecule has 122 valence electrons. The quantitative estimate of drug-likeness (QED) is 0.938. The Morgan fingerprint density at radius 3 is 2.83 bits per heavy atom. The maximum Gasteiger partial charge on any atom is 0.223 e. The molecule has 3 rings (SSSR count). The van der Waals surface area contributed by atoms with Crippen molar-refractivity contribution in [3.8, 4) is 5.69 Å². The van der Waals surface area contributed by atoms with Crippen molar-refractivity contribution in [2.24, 2.45) is 5.92 Å². The fraction of sp³-hybridized carbons (Fsp3) is 0.471. The number of nitrogens with one attached hydrogen (secondary N) is 1. The number of hydrogen-bond acceptors (Lipinski definition) is 4. The standard InChI is InChI=1S/C17H22N4O2/c1-17(2)9-14(7-8-23-17)16(22)19-10-13-3-5-15(6-4-13)21-12-18-11-20-21/h3-6,11-12,14H,7-10H2,1-2H3,(H,19,22). The minimum atomic E-state index is -0.209. The highest BCUT2D eigenvalue weighted by molar-refractivity contribution is 5.78. The van der Waals surface area contributed by atoms with Crippen LogP contribution in [0.4, 0.5) is 0 Å². The van der Waals surface area contributed by atoms with Gasteiger partial charge in [0.2, 0.25) is 5.91 Å². The third-order valence-corrected chi connectivity index (χ3v) is 4.15. The molecule has 2 heterocycles. The third-order valence-electron chi connectivity index (χ3n) is 4.15. The predicted octanol–water partition coefficient (Wildman–Crippen LogP) is 2.09. The Hall–Kier alpha value is -2.21. The average molecular weight is 314 g/mol. The number of ether oxygens (including phenoxy) is 1. The van der Waals surface area contributed by atoms with Gasteiger partial charge in [-0.1, -0.05) is 12.1 Å². The van der Waals surface area contributed by atoms with E-state index >= 15 is 0 Å². The minimum Gasteiger partial charge on any atom is -0.376 e. The van der Waals surface area contributed by atoms with Crippen molar-refractivity contribution in [1.82, 2.24) is 20.1 Å². The molecule has 1 aromatic carbocycles. The summed E-state index contributed by atoms with van der Waals surface area (Å²) in [5.41, 5.74) is 1.80. The van der Waals surface area contributed by atoms with Crippen LogP contribution in [0.5, 0.6) is 0 Å². The maximum atomic E-state index is 12.3. The van der Waals surface area contributed by atoms with Crippen LogP contribution in [0.25, 0.3) is 5.69 Å². The van der Waals surface area contributed by atoms with Crippen LogP contribution < -0.4 is 5.32 Å². The van der Waals surface area contributed by atoms with Gasteiger partial charge < -0.3 is 10.1 Å². The van der Waals surface area contributed by atoms with Crippen LogP contribution >= 0.6 is 0 Å². The van der Waals surface area contributed by atoms with Gasteiger partial charge in [0, 0.05) is 19.1 Å². The van der Waals surface area contributed by atoms with Gasteiger partial charge in [0.05, 0.1) is 11.3 Å². The van der Waals surface area contributed by atoms with E-state index in [0.29, 0.717) is 13.2 Å². The second-order valence-corrected chi connectivity index (χ2v) is 6.52. The fourth-order valence-corrected chi connectivity index (χ4v) is 2.90. The summed E-state index contributed by atoms with van der Waals surface area (Å²) >= 11 is 0. The summed E-state index contributed by atoms with van der Waals surface area (Å²) in [5, 5.41) is 7.12. The predicted molar refractivity (Wildman–Crippen MR) is 86.0 cm³/mol. The lowest BCUT2D eigenvalue weighted by Gasteiger charge is -2.34. The topological polar surface area (TPSA) is 69.0 Å². The first-order valence-electron chi connectivity index (χ1n) is 7.89. The second-order valence-electron chi connectivity index (χ2n) is 6.52. The highest BCUT2D eigenvalue weighted by atomic mass is 16.5. The minimum absolute atomic E-state index is 0.0353. The van der Waals surface area contributed by atoms with E-state index in [1.54, 1.807) is 11.0 Å². The van der Waals surface area contributed by atoms with Gasteiger partial charge in [0.15, 0.2) is 0 Å². The number of hydrogen-bond donors (Lipinski definition) is 1. The van der Waals surface area contributed by atoms with Gasteiger partial charge in [-0.05, 0) is 44.4 Å². The molecule has 0 aliphatic carbocycles. The van der Waals surface area contributed by atoms with E-state index in [2.05, 4.69) is 15.4 Å². The Morgan fingerprint density at radius 2 is 2.17 bits per heavy atom. The van der Waals surface area contributed by atoms with E-state index in [1.807, 2.05) is 38.1 Å². The number of amides is 1. The molecular weight excluding hydrogens is 292 g/mol. The number of rotatable bonds is 4. The fourth-order valence-electron chi connectivity index (χ4n) is 2.90. The Bertz CT molecular complexity index is 650. The van der Waals surface area contributed by atoms with Crippen molar-refractivity contribution < 1.29 is 9.53 Å². The molecule has 1 unspecified atom stereocenters. The number of aromatic nitrogens is 3. The van der Waals surface area contributed by atoms with E-state index in [9.17, 15) is 4.79 Å². The van der Waals surface area contributed by atoms with E-state index in [-0.39, 0.29) is 17.4 Å². The summed E-state index contributed by atoms with van der Waals surface area (Å²) in [6.07, 6.45) is 4.72. The molecule has 0 bridgehead atoms. The first kappa shape index (κ1) is 15.7. The molecule has 23 heavy (non-hydrogen) atoms. The largest absolute Gasteiger partial charge is 0.376 e. The molecule has 1 aromatic heterocycles. The van der Waals surface area contributed by atoms with Crippen LogP contribution in [0, 0.1) is 5.92 Å². The van der Waals surface area contributed by atoms with Gasteiger partial charge in [-0.25, -0.2) is 9.67 Å². The summed E-state index contributed by atoms with van der Waals surface area (Å²) in [7, 11) is 0.